The summed E-state index contributed by atoms with van der Waals surface area (Å²) in [6.45, 7) is 2.24. The van der Waals surface area contributed by atoms with E-state index >= 15 is 0 Å². The third kappa shape index (κ3) is 6.93. The van der Waals surface area contributed by atoms with Crippen LogP contribution in [-0.2, 0) is 14.3 Å². The molecule has 0 radical (unpaired) electrons. The van der Waals surface area contributed by atoms with Crippen LogP contribution in [0.4, 0.5) is 0 Å². The molecule has 2 aromatic rings. The maximum absolute atomic E-state index is 11.8. The molecule has 0 aliphatic heterocycles. The summed E-state index contributed by atoms with van der Waals surface area (Å²) in [4.78, 5) is 23.4. The molecular weight excluding hydrogens is 382 g/mol. The third-order valence-electron chi connectivity index (χ3n) is 3.60. The Kier molecular flexibility index (Phi) is 7.41. The van der Waals surface area contributed by atoms with E-state index in [1.54, 1.807) is 6.08 Å². The standard InChI is InChI=1S/C20H20BrNO3/c1-15(17-5-3-2-4-6-17)13-22-19(23)14-25-20(24)12-9-16-7-10-18(21)11-8-16/h2-12,15H,13-14H2,1H3,(H,22,23)/b12-9+/t15-/m0/s1. The number of amides is 1. The van der Waals surface area contributed by atoms with E-state index < -0.39 is 5.97 Å². The van der Waals surface area contributed by atoms with Crippen molar-refractivity contribution in [2.24, 2.45) is 0 Å². The molecule has 130 valence electrons. The zero-order valence-corrected chi connectivity index (χ0v) is 15.5. The number of benzene rings is 2. The minimum atomic E-state index is -0.547. The molecule has 0 aromatic heterocycles. The number of esters is 1. The van der Waals surface area contributed by atoms with Crippen LogP contribution in [0, 0.1) is 0 Å². The fraction of sp³-hybridized carbons (Fsp3) is 0.200. The van der Waals surface area contributed by atoms with Crippen molar-refractivity contribution in [3.05, 3.63) is 76.3 Å². The third-order valence-corrected chi connectivity index (χ3v) is 4.13. The lowest BCUT2D eigenvalue weighted by Crippen LogP contribution is -2.31. The Hall–Kier alpha value is -2.40. The van der Waals surface area contributed by atoms with E-state index in [9.17, 15) is 9.59 Å². The summed E-state index contributed by atoms with van der Waals surface area (Å²) in [5, 5.41) is 2.77. The maximum atomic E-state index is 11.8. The van der Waals surface area contributed by atoms with Gasteiger partial charge in [-0.1, -0.05) is 65.3 Å². The van der Waals surface area contributed by atoms with Crippen LogP contribution in [0.15, 0.2) is 65.1 Å². The van der Waals surface area contributed by atoms with E-state index in [2.05, 4.69) is 21.2 Å². The van der Waals surface area contributed by atoms with Gasteiger partial charge in [0.15, 0.2) is 6.61 Å². The SMILES string of the molecule is C[C@@H](CNC(=O)COC(=O)/C=C/c1ccc(Br)cc1)c1ccccc1. The first-order chi connectivity index (χ1) is 12.0. The fourth-order valence-electron chi connectivity index (χ4n) is 2.14. The summed E-state index contributed by atoms with van der Waals surface area (Å²) in [7, 11) is 0. The minimum absolute atomic E-state index is 0.193. The molecule has 5 heteroatoms. The normalized spacial score (nSPS) is 11.9. The highest BCUT2D eigenvalue weighted by Gasteiger charge is 2.09. The number of ether oxygens (including phenoxy) is 1. The molecule has 0 aliphatic carbocycles. The number of carbonyl (C=O) groups excluding carboxylic acids is 2. The number of halogens is 1. The topological polar surface area (TPSA) is 55.4 Å². The van der Waals surface area contributed by atoms with Gasteiger partial charge < -0.3 is 10.1 Å². The Bertz CT molecular complexity index is 726. The van der Waals surface area contributed by atoms with Crippen molar-refractivity contribution in [1.82, 2.24) is 5.32 Å². The lowest BCUT2D eigenvalue weighted by atomic mass is 10.0. The van der Waals surface area contributed by atoms with E-state index in [1.807, 2.05) is 61.5 Å². The van der Waals surface area contributed by atoms with Crippen molar-refractivity contribution in [3.8, 4) is 0 Å². The van der Waals surface area contributed by atoms with Crippen LogP contribution in [0.2, 0.25) is 0 Å². The van der Waals surface area contributed by atoms with E-state index in [0.717, 1.165) is 15.6 Å². The van der Waals surface area contributed by atoms with Crippen LogP contribution in [0.1, 0.15) is 24.0 Å². The summed E-state index contributed by atoms with van der Waals surface area (Å²) >= 11 is 3.35. The number of rotatable bonds is 7. The predicted molar refractivity (Wildman–Crippen MR) is 102 cm³/mol. The molecule has 0 aliphatic rings. The predicted octanol–water partition coefficient (Wildman–Crippen LogP) is 3.93. The molecule has 2 rings (SSSR count). The highest BCUT2D eigenvalue weighted by molar-refractivity contribution is 9.10. The maximum Gasteiger partial charge on any atom is 0.331 e. The molecule has 0 spiro atoms. The quantitative estimate of drug-likeness (QED) is 0.564. The second-order valence-electron chi connectivity index (χ2n) is 5.61. The molecule has 1 N–H and O–H groups in total. The second-order valence-corrected chi connectivity index (χ2v) is 6.52. The summed E-state index contributed by atoms with van der Waals surface area (Å²) in [5.74, 6) is -0.666. The minimum Gasteiger partial charge on any atom is -0.452 e. The monoisotopic (exact) mass is 401 g/mol. The first kappa shape index (κ1) is 18.9. The van der Waals surface area contributed by atoms with E-state index in [1.165, 1.54) is 6.08 Å². The largest absolute Gasteiger partial charge is 0.452 e. The van der Waals surface area contributed by atoms with Crippen molar-refractivity contribution < 1.29 is 14.3 Å². The molecule has 4 nitrogen and oxygen atoms in total. The van der Waals surface area contributed by atoms with Gasteiger partial charge in [-0.05, 0) is 35.3 Å². The average Bonchev–Trinajstić information content (AvgIpc) is 2.64. The van der Waals surface area contributed by atoms with Crippen LogP contribution < -0.4 is 5.32 Å². The van der Waals surface area contributed by atoms with Gasteiger partial charge in [0, 0.05) is 17.1 Å². The molecule has 1 atom stereocenters. The zero-order valence-electron chi connectivity index (χ0n) is 13.9. The summed E-state index contributed by atoms with van der Waals surface area (Å²) in [6.07, 6.45) is 2.95. The van der Waals surface area contributed by atoms with E-state index in [4.69, 9.17) is 4.74 Å². The van der Waals surface area contributed by atoms with Crippen LogP contribution in [0.5, 0.6) is 0 Å². The van der Waals surface area contributed by atoms with Gasteiger partial charge in [0.05, 0.1) is 0 Å². The van der Waals surface area contributed by atoms with Crippen LogP contribution in [0.25, 0.3) is 6.08 Å². The highest BCUT2D eigenvalue weighted by Crippen LogP contribution is 2.13. The number of carbonyl (C=O) groups is 2. The smallest absolute Gasteiger partial charge is 0.331 e. The molecule has 25 heavy (non-hydrogen) atoms. The van der Waals surface area contributed by atoms with Crippen LogP contribution in [-0.4, -0.2) is 25.0 Å². The molecule has 0 heterocycles. The summed E-state index contributed by atoms with van der Waals surface area (Å²) < 4.78 is 5.91. The van der Waals surface area contributed by atoms with Crippen molar-refractivity contribution in [3.63, 3.8) is 0 Å². The first-order valence-electron chi connectivity index (χ1n) is 7.96. The average molecular weight is 402 g/mol. The fourth-order valence-corrected chi connectivity index (χ4v) is 2.40. The van der Waals surface area contributed by atoms with E-state index in [0.29, 0.717) is 6.54 Å². The first-order valence-corrected chi connectivity index (χ1v) is 8.76. The van der Waals surface area contributed by atoms with Gasteiger partial charge in [-0.3, -0.25) is 4.79 Å². The number of nitrogens with one attached hydrogen (secondary N) is 1. The Labute approximate surface area is 156 Å². The number of hydrogen-bond acceptors (Lipinski definition) is 3. The molecular formula is C20H20BrNO3. The van der Waals surface area contributed by atoms with E-state index in [-0.39, 0.29) is 18.4 Å². The molecule has 0 bridgehead atoms. The molecule has 0 unspecified atom stereocenters. The summed E-state index contributed by atoms with van der Waals surface area (Å²) in [5.41, 5.74) is 2.03. The van der Waals surface area contributed by atoms with Gasteiger partial charge in [-0.15, -0.1) is 0 Å². The zero-order chi connectivity index (χ0) is 18.1. The molecule has 2 aromatic carbocycles. The lowest BCUT2D eigenvalue weighted by Gasteiger charge is -2.12. The van der Waals surface area contributed by atoms with Gasteiger partial charge in [-0.25, -0.2) is 4.79 Å². The molecule has 0 saturated carbocycles. The summed E-state index contributed by atoms with van der Waals surface area (Å²) in [6, 6.07) is 17.4. The molecule has 1 amide bonds. The van der Waals surface area contributed by atoms with Gasteiger partial charge in [0.1, 0.15) is 0 Å². The van der Waals surface area contributed by atoms with Crippen molar-refractivity contribution in [1.29, 1.82) is 0 Å². The van der Waals surface area contributed by atoms with Crippen LogP contribution in [0.3, 0.4) is 0 Å². The van der Waals surface area contributed by atoms with Crippen molar-refractivity contribution >= 4 is 33.9 Å². The van der Waals surface area contributed by atoms with Crippen molar-refractivity contribution in [2.45, 2.75) is 12.8 Å². The van der Waals surface area contributed by atoms with Gasteiger partial charge >= 0.3 is 5.97 Å². The Morgan fingerprint density at radius 3 is 2.48 bits per heavy atom. The Morgan fingerprint density at radius 1 is 1.12 bits per heavy atom. The van der Waals surface area contributed by atoms with Crippen molar-refractivity contribution in [2.75, 3.05) is 13.2 Å². The lowest BCUT2D eigenvalue weighted by molar-refractivity contribution is -0.143. The number of hydrogen-bond donors (Lipinski definition) is 1. The highest BCUT2D eigenvalue weighted by atomic mass is 79.9. The van der Waals surface area contributed by atoms with Gasteiger partial charge in [0.25, 0.3) is 5.91 Å². The Balaban J connectivity index is 1.70. The Morgan fingerprint density at radius 2 is 1.80 bits per heavy atom. The van der Waals surface area contributed by atoms with Gasteiger partial charge in [0.2, 0.25) is 0 Å². The van der Waals surface area contributed by atoms with Gasteiger partial charge in [-0.2, -0.15) is 0 Å². The van der Waals surface area contributed by atoms with Crippen LogP contribution >= 0.6 is 15.9 Å². The second kappa shape index (κ2) is 9.79. The molecule has 0 fully saturated rings. The molecule has 0 saturated heterocycles.